The van der Waals surface area contributed by atoms with Crippen LogP contribution in [-0.2, 0) is 0 Å². The van der Waals surface area contributed by atoms with Gasteiger partial charge in [0.1, 0.15) is 0 Å². The molecule has 15 heavy (non-hydrogen) atoms. The lowest BCUT2D eigenvalue weighted by atomic mass is 10.4. The molecule has 0 unspecified atom stereocenters. The number of carbonyl (C=O) groups excluding carboxylic acids is 1. The van der Waals surface area contributed by atoms with Crippen molar-refractivity contribution in [3.63, 3.8) is 0 Å². The van der Waals surface area contributed by atoms with Crippen molar-refractivity contribution in [3.05, 3.63) is 20.8 Å². The van der Waals surface area contributed by atoms with Gasteiger partial charge in [-0.1, -0.05) is 0 Å². The molecule has 7 heteroatoms. The molecule has 1 aromatic heterocycles. The number of hydrogen-bond donors (Lipinski definition) is 2. The third-order valence-corrected chi connectivity index (χ3v) is 3.52. The van der Waals surface area contributed by atoms with Gasteiger partial charge in [-0.25, -0.2) is 0 Å². The average molecular weight is 308 g/mol. The van der Waals surface area contributed by atoms with Gasteiger partial charge in [-0.2, -0.15) is 0 Å². The van der Waals surface area contributed by atoms with Gasteiger partial charge in [0.15, 0.2) is 5.11 Å². The fourth-order valence-electron chi connectivity index (χ4n) is 0.900. The molecule has 0 spiro atoms. The van der Waals surface area contributed by atoms with E-state index in [1.165, 1.54) is 16.3 Å². The molecule has 0 bridgehead atoms. The number of rotatable bonds is 2. The smallest absolute Gasteiger partial charge is 0.279 e. The van der Waals surface area contributed by atoms with Crippen LogP contribution in [0.15, 0.2) is 15.9 Å². The van der Waals surface area contributed by atoms with E-state index < -0.39 is 0 Å². The van der Waals surface area contributed by atoms with Crippen molar-refractivity contribution in [1.82, 2.24) is 10.4 Å². The van der Waals surface area contributed by atoms with Crippen molar-refractivity contribution in [3.8, 4) is 0 Å². The molecule has 0 aliphatic rings. The number of thiophene rings is 1. The normalized spacial score (nSPS) is 9.73. The van der Waals surface area contributed by atoms with E-state index in [1.807, 2.05) is 12.3 Å². The predicted octanol–water partition coefficient (Wildman–Crippen LogP) is 1.72. The predicted molar refractivity (Wildman–Crippen MR) is 68.7 cm³/mol. The van der Waals surface area contributed by atoms with Crippen LogP contribution >= 0.6 is 39.5 Å². The number of hydrogen-bond acceptors (Lipinski definition) is 3. The van der Waals surface area contributed by atoms with Crippen molar-refractivity contribution in [1.29, 1.82) is 0 Å². The molecule has 0 fully saturated rings. The van der Waals surface area contributed by atoms with Gasteiger partial charge >= 0.3 is 0 Å². The van der Waals surface area contributed by atoms with Gasteiger partial charge in [-0.3, -0.25) is 15.2 Å². The summed E-state index contributed by atoms with van der Waals surface area (Å²) < 4.78 is 0.885. The maximum atomic E-state index is 11.7. The third kappa shape index (κ3) is 3.44. The minimum atomic E-state index is -0.208. The number of amides is 1. The van der Waals surface area contributed by atoms with Crippen molar-refractivity contribution in [2.45, 2.75) is 6.92 Å². The number of thiocarbonyl (C=S) groups is 1. The van der Waals surface area contributed by atoms with Gasteiger partial charge in [0.2, 0.25) is 0 Å². The van der Waals surface area contributed by atoms with Gasteiger partial charge < -0.3 is 5.73 Å². The van der Waals surface area contributed by atoms with Gasteiger partial charge in [0.25, 0.3) is 5.91 Å². The summed E-state index contributed by atoms with van der Waals surface area (Å²) in [6.07, 6.45) is 0. The summed E-state index contributed by atoms with van der Waals surface area (Å²) in [5, 5.41) is 3.42. The molecule has 0 saturated carbocycles. The number of nitrogens with two attached hydrogens (primary N) is 1. The molecule has 4 nitrogen and oxygen atoms in total. The van der Waals surface area contributed by atoms with Crippen LogP contribution in [0.3, 0.4) is 0 Å². The van der Waals surface area contributed by atoms with E-state index in [4.69, 9.17) is 18.0 Å². The Morgan fingerprint density at radius 1 is 1.80 bits per heavy atom. The minimum absolute atomic E-state index is 0.154. The van der Waals surface area contributed by atoms with Gasteiger partial charge in [0.05, 0.1) is 4.88 Å². The van der Waals surface area contributed by atoms with Crippen LogP contribution in [0.1, 0.15) is 16.6 Å². The van der Waals surface area contributed by atoms with Crippen LogP contribution in [-0.4, -0.2) is 22.6 Å². The molecule has 1 rings (SSSR count). The highest BCUT2D eigenvalue weighted by Crippen LogP contribution is 2.19. The molecule has 82 valence electrons. The second-order valence-corrected chi connectivity index (χ2v) is 4.90. The van der Waals surface area contributed by atoms with E-state index in [9.17, 15) is 4.79 Å². The summed E-state index contributed by atoms with van der Waals surface area (Å²) in [6.45, 7) is 2.39. The van der Waals surface area contributed by atoms with Gasteiger partial charge in [-0.05, 0) is 41.1 Å². The fraction of sp³-hybridized carbons (Fsp3) is 0.250. The van der Waals surface area contributed by atoms with E-state index in [0.717, 1.165) is 4.47 Å². The first-order valence-corrected chi connectivity index (χ1v) is 6.24. The van der Waals surface area contributed by atoms with E-state index in [2.05, 4.69) is 21.4 Å². The first kappa shape index (κ1) is 12.4. The molecule has 0 radical (unpaired) electrons. The van der Waals surface area contributed by atoms with Gasteiger partial charge in [-0.15, -0.1) is 11.3 Å². The Morgan fingerprint density at radius 2 is 2.47 bits per heavy atom. The van der Waals surface area contributed by atoms with Crippen LogP contribution in [0.5, 0.6) is 0 Å². The molecule has 0 saturated heterocycles. The Bertz CT molecular complexity index is 380. The van der Waals surface area contributed by atoms with Crippen LogP contribution in [0.2, 0.25) is 0 Å². The second-order valence-electron chi connectivity index (χ2n) is 2.65. The zero-order valence-electron chi connectivity index (χ0n) is 7.99. The van der Waals surface area contributed by atoms with E-state index in [-0.39, 0.29) is 11.0 Å². The third-order valence-electron chi connectivity index (χ3n) is 1.61. The molecular weight excluding hydrogens is 298 g/mol. The zero-order valence-corrected chi connectivity index (χ0v) is 11.2. The Hall–Kier alpha value is -0.660. The number of hydrazine groups is 1. The molecule has 0 atom stereocenters. The standard InChI is InChI=1S/C8H10BrN3OS2/c1-2-12(8(10)14)11-7(13)6-3-5(9)4-15-6/h3-4H,2H2,1H3,(H2,10,14)(H,11,13). The SMILES string of the molecule is CCN(NC(=O)c1cc(Br)cs1)C(N)=S. The molecule has 0 aliphatic heterocycles. The molecule has 0 aromatic carbocycles. The summed E-state index contributed by atoms with van der Waals surface area (Å²) >= 11 is 9.40. The summed E-state index contributed by atoms with van der Waals surface area (Å²) in [4.78, 5) is 12.3. The highest BCUT2D eigenvalue weighted by molar-refractivity contribution is 9.10. The van der Waals surface area contributed by atoms with Crippen molar-refractivity contribution >= 4 is 50.5 Å². The molecule has 3 N–H and O–H groups in total. The second kappa shape index (κ2) is 5.43. The molecule has 0 aliphatic carbocycles. The summed E-state index contributed by atoms with van der Waals surface area (Å²) in [5.41, 5.74) is 8.03. The lowest BCUT2D eigenvalue weighted by molar-refractivity contribution is 0.0879. The highest BCUT2D eigenvalue weighted by Gasteiger charge is 2.12. The summed E-state index contributed by atoms with van der Waals surface area (Å²) in [5.74, 6) is -0.208. The van der Waals surface area contributed by atoms with Gasteiger partial charge in [0, 0.05) is 16.4 Å². The van der Waals surface area contributed by atoms with Crippen LogP contribution in [0.4, 0.5) is 0 Å². The summed E-state index contributed by atoms with van der Waals surface area (Å²) in [7, 11) is 0. The Labute approximate surface area is 106 Å². The Kier molecular flexibility index (Phi) is 4.49. The minimum Gasteiger partial charge on any atom is -0.375 e. The fourth-order valence-corrected chi connectivity index (χ4v) is 2.39. The lowest BCUT2D eigenvalue weighted by Crippen LogP contribution is -2.48. The molecule has 1 aromatic rings. The van der Waals surface area contributed by atoms with E-state index >= 15 is 0 Å². The molecule has 1 heterocycles. The molecular formula is C8H10BrN3OS2. The maximum absolute atomic E-state index is 11.7. The monoisotopic (exact) mass is 307 g/mol. The molecule has 1 amide bonds. The van der Waals surface area contributed by atoms with Crippen LogP contribution in [0, 0.1) is 0 Å². The van der Waals surface area contributed by atoms with Crippen molar-refractivity contribution in [2.24, 2.45) is 5.73 Å². The largest absolute Gasteiger partial charge is 0.375 e. The van der Waals surface area contributed by atoms with Crippen molar-refractivity contribution in [2.75, 3.05) is 6.54 Å². The highest BCUT2D eigenvalue weighted by atomic mass is 79.9. The van der Waals surface area contributed by atoms with Crippen molar-refractivity contribution < 1.29 is 4.79 Å². The Morgan fingerprint density at radius 3 is 2.87 bits per heavy atom. The quantitative estimate of drug-likeness (QED) is 0.645. The Balaban J connectivity index is 2.66. The van der Waals surface area contributed by atoms with E-state index in [0.29, 0.717) is 11.4 Å². The zero-order chi connectivity index (χ0) is 11.4. The number of carbonyl (C=O) groups is 1. The van der Waals surface area contributed by atoms with Crippen LogP contribution < -0.4 is 11.2 Å². The summed E-state index contributed by atoms with van der Waals surface area (Å²) in [6, 6.07) is 1.74. The first-order chi connectivity index (χ1) is 7.04. The average Bonchev–Trinajstić information content (AvgIpc) is 2.60. The topological polar surface area (TPSA) is 58.4 Å². The maximum Gasteiger partial charge on any atom is 0.279 e. The lowest BCUT2D eigenvalue weighted by Gasteiger charge is -2.20. The van der Waals surface area contributed by atoms with Crippen LogP contribution in [0.25, 0.3) is 0 Å². The number of nitrogens with one attached hydrogen (secondary N) is 1. The number of nitrogens with zero attached hydrogens (tertiary/aromatic N) is 1. The number of halogens is 1. The first-order valence-electron chi connectivity index (χ1n) is 4.16. The van der Waals surface area contributed by atoms with E-state index in [1.54, 1.807) is 6.07 Å².